The van der Waals surface area contributed by atoms with Gasteiger partial charge >= 0.3 is 0 Å². The van der Waals surface area contributed by atoms with Gasteiger partial charge in [0.15, 0.2) is 0 Å². The van der Waals surface area contributed by atoms with Crippen LogP contribution in [0.3, 0.4) is 0 Å². The fraction of sp³-hybridized carbons (Fsp3) is 0.353. The van der Waals surface area contributed by atoms with E-state index in [9.17, 15) is 13.5 Å². The van der Waals surface area contributed by atoms with Gasteiger partial charge in [-0.2, -0.15) is 4.31 Å². The van der Waals surface area contributed by atoms with Crippen molar-refractivity contribution in [2.75, 3.05) is 38.2 Å². The van der Waals surface area contributed by atoms with E-state index in [0.29, 0.717) is 38.7 Å². The quantitative estimate of drug-likeness (QED) is 0.786. The fourth-order valence-electron chi connectivity index (χ4n) is 2.62. The predicted octanol–water partition coefficient (Wildman–Crippen LogP) is 0.667. The number of sulfonamides is 1. The number of nitrogens with one attached hydrogen (secondary N) is 2. The van der Waals surface area contributed by atoms with Gasteiger partial charge in [-0.1, -0.05) is 30.3 Å². The number of pyridine rings is 1. The van der Waals surface area contributed by atoms with Crippen molar-refractivity contribution in [3.05, 3.63) is 54.2 Å². The standard InChI is InChI=1S/C17H21N3O4S/c21-16(14-4-2-1-3-5-14)13-19-17-7-6-15(12-18-17)25(22,23)20-8-10-24-11-9-20/h1-7,12,16,21H,8-11,13H2,(H,18,19)/p+1/t16-/m1/s1. The van der Waals surface area contributed by atoms with Gasteiger partial charge < -0.3 is 9.84 Å². The Morgan fingerprint density at radius 1 is 1.16 bits per heavy atom. The van der Waals surface area contributed by atoms with Crippen molar-refractivity contribution in [1.82, 2.24) is 4.31 Å². The van der Waals surface area contributed by atoms with Crippen molar-refractivity contribution in [2.24, 2.45) is 0 Å². The van der Waals surface area contributed by atoms with Crippen LogP contribution in [-0.2, 0) is 14.8 Å². The van der Waals surface area contributed by atoms with E-state index in [2.05, 4.69) is 10.3 Å². The molecule has 0 amide bonds. The lowest BCUT2D eigenvalue weighted by Crippen LogP contribution is -2.40. The summed E-state index contributed by atoms with van der Waals surface area (Å²) in [6, 6.07) is 12.6. The van der Waals surface area contributed by atoms with E-state index in [1.807, 2.05) is 30.3 Å². The van der Waals surface area contributed by atoms with Crippen LogP contribution >= 0.6 is 0 Å². The van der Waals surface area contributed by atoms with Gasteiger partial charge in [0, 0.05) is 19.2 Å². The second kappa shape index (κ2) is 7.92. The van der Waals surface area contributed by atoms with Crippen LogP contribution in [0.2, 0.25) is 0 Å². The minimum Gasteiger partial charge on any atom is -0.384 e. The van der Waals surface area contributed by atoms with Crippen molar-refractivity contribution in [2.45, 2.75) is 11.0 Å². The fourth-order valence-corrected chi connectivity index (χ4v) is 3.99. The molecule has 1 aliphatic heterocycles. The second-order valence-corrected chi connectivity index (χ2v) is 7.70. The average molecular weight is 364 g/mol. The molecule has 0 aliphatic carbocycles. The first kappa shape index (κ1) is 17.8. The molecule has 1 aliphatic rings. The number of hydrogen-bond acceptors (Lipinski definition) is 5. The molecule has 0 spiro atoms. The Labute approximate surface area is 147 Å². The number of aromatic amines is 1. The van der Waals surface area contributed by atoms with Gasteiger partial charge in [-0.3, -0.25) is 5.32 Å². The summed E-state index contributed by atoms with van der Waals surface area (Å²) in [5.74, 6) is 0.635. The normalized spacial score (nSPS) is 17.2. The lowest BCUT2D eigenvalue weighted by molar-refractivity contribution is -0.364. The van der Waals surface area contributed by atoms with Crippen molar-refractivity contribution >= 4 is 15.8 Å². The SMILES string of the molecule is O=S(=O)(c1ccc(NC[C@@H](O)c2ccccc2)[nH+]c1)N1CCOCC1. The monoisotopic (exact) mass is 364 g/mol. The second-order valence-electron chi connectivity index (χ2n) is 5.76. The van der Waals surface area contributed by atoms with E-state index < -0.39 is 16.1 Å². The molecule has 3 N–H and O–H groups in total. The van der Waals surface area contributed by atoms with E-state index in [1.54, 1.807) is 12.1 Å². The number of benzene rings is 1. The van der Waals surface area contributed by atoms with Crippen LogP contribution < -0.4 is 10.3 Å². The summed E-state index contributed by atoms with van der Waals surface area (Å²) in [6.07, 6.45) is 0.813. The number of aromatic nitrogens is 1. The van der Waals surface area contributed by atoms with Crippen LogP contribution in [0, 0.1) is 0 Å². The molecular weight excluding hydrogens is 342 g/mol. The molecule has 0 unspecified atom stereocenters. The molecule has 3 rings (SSSR count). The molecule has 0 radical (unpaired) electrons. The molecule has 7 nitrogen and oxygen atoms in total. The first-order valence-corrected chi connectivity index (χ1v) is 9.58. The summed E-state index contributed by atoms with van der Waals surface area (Å²) >= 11 is 0. The highest BCUT2D eigenvalue weighted by atomic mass is 32.2. The van der Waals surface area contributed by atoms with Gasteiger partial charge in [0.1, 0.15) is 23.7 Å². The average Bonchev–Trinajstić information content (AvgIpc) is 2.68. The highest BCUT2D eigenvalue weighted by Crippen LogP contribution is 2.17. The smallest absolute Gasteiger partial charge is 0.272 e. The Kier molecular flexibility index (Phi) is 5.64. The highest BCUT2D eigenvalue weighted by Gasteiger charge is 2.27. The molecule has 0 bridgehead atoms. The molecule has 25 heavy (non-hydrogen) atoms. The Balaban J connectivity index is 1.62. The maximum absolute atomic E-state index is 12.5. The number of morpholine rings is 1. The third-order valence-corrected chi connectivity index (χ3v) is 5.96. The van der Waals surface area contributed by atoms with Gasteiger partial charge in [0.25, 0.3) is 5.82 Å². The molecule has 1 atom stereocenters. The number of hydrogen-bond donors (Lipinski definition) is 2. The van der Waals surface area contributed by atoms with Crippen LogP contribution in [0.4, 0.5) is 5.82 Å². The molecular formula is C17H22N3O4S+. The summed E-state index contributed by atoms with van der Waals surface area (Å²) in [4.78, 5) is 3.14. The summed E-state index contributed by atoms with van der Waals surface area (Å²) in [5, 5.41) is 13.2. The zero-order valence-electron chi connectivity index (χ0n) is 13.8. The number of aliphatic hydroxyl groups is 1. The minimum absolute atomic E-state index is 0.212. The summed E-state index contributed by atoms with van der Waals surface area (Å²) in [6.45, 7) is 1.88. The summed E-state index contributed by atoms with van der Waals surface area (Å²) < 4.78 is 31.7. The van der Waals surface area contributed by atoms with Crippen molar-refractivity contribution in [1.29, 1.82) is 0 Å². The van der Waals surface area contributed by atoms with Crippen molar-refractivity contribution in [3.63, 3.8) is 0 Å². The Bertz CT molecular complexity index is 775. The van der Waals surface area contributed by atoms with Crippen LogP contribution in [0.25, 0.3) is 0 Å². The Hall–Kier alpha value is -2.00. The van der Waals surface area contributed by atoms with Gasteiger partial charge in [0.05, 0.1) is 13.2 Å². The van der Waals surface area contributed by atoms with Crippen molar-refractivity contribution < 1.29 is 23.2 Å². The Morgan fingerprint density at radius 3 is 2.52 bits per heavy atom. The maximum atomic E-state index is 12.5. The molecule has 1 saturated heterocycles. The van der Waals surface area contributed by atoms with E-state index in [4.69, 9.17) is 4.74 Å². The third-order valence-electron chi connectivity index (χ3n) is 4.06. The van der Waals surface area contributed by atoms with Crippen LogP contribution in [0.1, 0.15) is 11.7 Å². The molecule has 1 fully saturated rings. The largest absolute Gasteiger partial charge is 0.384 e. The van der Waals surface area contributed by atoms with Gasteiger partial charge in [0.2, 0.25) is 10.0 Å². The van der Waals surface area contributed by atoms with E-state index in [-0.39, 0.29) is 4.90 Å². The zero-order chi connectivity index (χ0) is 17.7. The first-order valence-electron chi connectivity index (χ1n) is 8.14. The zero-order valence-corrected chi connectivity index (χ0v) is 14.6. The minimum atomic E-state index is -3.51. The molecule has 1 aromatic carbocycles. The number of ether oxygens (including phenoxy) is 1. The van der Waals surface area contributed by atoms with Crippen LogP contribution in [0.5, 0.6) is 0 Å². The predicted molar refractivity (Wildman–Crippen MR) is 92.5 cm³/mol. The van der Waals surface area contributed by atoms with Crippen LogP contribution in [0.15, 0.2) is 53.6 Å². The Morgan fingerprint density at radius 2 is 1.88 bits per heavy atom. The topological polar surface area (TPSA) is 93.0 Å². The molecule has 134 valence electrons. The molecule has 8 heteroatoms. The van der Waals surface area contributed by atoms with E-state index in [0.717, 1.165) is 5.56 Å². The van der Waals surface area contributed by atoms with Crippen LogP contribution in [-0.4, -0.2) is 50.7 Å². The molecule has 1 aromatic heterocycles. The van der Waals surface area contributed by atoms with Gasteiger partial charge in [-0.25, -0.2) is 13.4 Å². The summed E-state index contributed by atoms with van der Waals surface area (Å²) in [5.41, 5.74) is 0.821. The van der Waals surface area contributed by atoms with E-state index >= 15 is 0 Å². The number of aliphatic hydroxyl groups excluding tert-OH is 1. The third kappa shape index (κ3) is 4.35. The number of H-pyrrole nitrogens is 1. The molecule has 2 heterocycles. The van der Waals surface area contributed by atoms with E-state index in [1.165, 1.54) is 10.5 Å². The van der Waals surface area contributed by atoms with Crippen molar-refractivity contribution in [3.8, 4) is 0 Å². The summed E-state index contributed by atoms with van der Waals surface area (Å²) in [7, 11) is -3.51. The number of rotatable bonds is 6. The maximum Gasteiger partial charge on any atom is 0.272 e. The highest BCUT2D eigenvalue weighted by molar-refractivity contribution is 7.89. The molecule has 2 aromatic rings. The first-order chi connectivity index (χ1) is 12.1. The van der Waals surface area contributed by atoms with Gasteiger partial charge in [-0.05, 0) is 11.6 Å². The van der Waals surface area contributed by atoms with Gasteiger partial charge in [-0.15, -0.1) is 0 Å². The number of anilines is 1. The number of nitrogens with zero attached hydrogens (tertiary/aromatic N) is 1. The lowest BCUT2D eigenvalue weighted by atomic mass is 10.1. The lowest BCUT2D eigenvalue weighted by Gasteiger charge is -2.25. The molecule has 0 saturated carbocycles.